The summed E-state index contributed by atoms with van der Waals surface area (Å²) >= 11 is 0. The molecule has 0 saturated carbocycles. The van der Waals surface area contributed by atoms with Crippen molar-refractivity contribution in [3.63, 3.8) is 0 Å². The van der Waals surface area contributed by atoms with Crippen molar-refractivity contribution >= 4 is 11.9 Å². The summed E-state index contributed by atoms with van der Waals surface area (Å²) in [6.07, 6.45) is 7.57. The van der Waals surface area contributed by atoms with E-state index in [-0.39, 0.29) is 17.9 Å². The lowest BCUT2D eigenvalue weighted by molar-refractivity contribution is -0.126. The number of anilines is 1. The van der Waals surface area contributed by atoms with E-state index in [2.05, 4.69) is 68.3 Å². The molecule has 32 heavy (non-hydrogen) atoms. The van der Waals surface area contributed by atoms with Crippen LogP contribution < -0.4 is 10.2 Å². The van der Waals surface area contributed by atoms with Crippen LogP contribution in [0.5, 0.6) is 0 Å². The van der Waals surface area contributed by atoms with Gasteiger partial charge in [-0.2, -0.15) is 0 Å². The smallest absolute Gasteiger partial charge is 0.225 e. The van der Waals surface area contributed by atoms with Crippen molar-refractivity contribution in [1.29, 1.82) is 0 Å². The highest BCUT2D eigenvalue weighted by molar-refractivity contribution is 5.79. The molecular weight excluding hydrogens is 400 g/mol. The van der Waals surface area contributed by atoms with Crippen LogP contribution >= 0.6 is 0 Å². The molecule has 2 aromatic rings. The van der Waals surface area contributed by atoms with Gasteiger partial charge in [-0.1, -0.05) is 30.3 Å². The van der Waals surface area contributed by atoms with Crippen LogP contribution in [0, 0.1) is 5.92 Å². The minimum Gasteiger partial charge on any atom is -0.348 e. The fourth-order valence-electron chi connectivity index (χ4n) is 4.88. The van der Waals surface area contributed by atoms with Crippen LogP contribution in [0.4, 0.5) is 5.95 Å². The number of nitrogens with zero attached hydrogens (tertiary/aromatic N) is 5. The third kappa shape index (κ3) is 5.84. The minimum atomic E-state index is 0.00356. The Morgan fingerprint density at radius 2 is 1.69 bits per heavy atom. The molecule has 2 aliphatic rings. The zero-order valence-corrected chi connectivity index (χ0v) is 19.4. The molecule has 1 N–H and O–H groups in total. The number of rotatable bonds is 7. The van der Waals surface area contributed by atoms with Crippen LogP contribution in [-0.4, -0.2) is 78.5 Å². The zero-order chi connectivity index (χ0) is 22.3. The zero-order valence-electron chi connectivity index (χ0n) is 19.4. The predicted molar refractivity (Wildman–Crippen MR) is 127 cm³/mol. The second kappa shape index (κ2) is 10.9. The van der Waals surface area contributed by atoms with Crippen LogP contribution in [-0.2, 0) is 4.79 Å². The molecule has 3 heterocycles. The van der Waals surface area contributed by atoms with Crippen molar-refractivity contribution in [3.05, 3.63) is 54.4 Å². The SMILES string of the molecule is CN1CCC(N(C)C[C@@H](NC(=O)C2CCN(c3ncccn3)CC2)c2ccccc2)CC1. The fraction of sp³-hybridized carbons (Fsp3) is 0.560. The molecule has 4 rings (SSSR count). The first kappa shape index (κ1) is 22.7. The highest BCUT2D eigenvalue weighted by atomic mass is 16.2. The molecule has 7 heteroatoms. The number of aromatic nitrogens is 2. The maximum atomic E-state index is 13.2. The van der Waals surface area contributed by atoms with Gasteiger partial charge < -0.3 is 20.0 Å². The summed E-state index contributed by atoms with van der Waals surface area (Å²) in [7, 11) is 4.40. The third-order valence-electron chi connectivity index (χ3n) is 7.00. The van der Waals surface area contributed by atoms with Crippen LogP contribution in [0.25, 0.3) is 0 Å². The van der Waals surface area contributed by atoms with E-state index in [9.17, 15) is 4.79 Å². The summed E-state index contributed by atoms with van der Waals surface area (Å²) in [4.78, 5) is 28.9. The van der Waals surface area contributed by atoms with E-state index < -0.39 is 0 Å². The van der Waals surface area contributed by atoms with Crippen LogP contribution in [0.1, 0.15) is 37.3 Å². The Morgan fingerprint density at radius 1 is 1.03 bits per heavy atom. The van der Waals surface area contributed by atoms with Crippen molar-refractivity contribution in [2.24, 2.45) is 5.92 Å². The molecule has 0 bridgehead atoms. The number of nitrogens with one attached hydrogen (secondary N) is 1. The van der Waals surface area contributed by atoms with Crippen LogP contribution in [0.15, 0.2) is 48.8 Å². The molecule has 2 fully saturated rings. The molecule has 0 radical (unpaired) electrons. The van der Waals surface area contributed by atoms with Gasteiger partial charge >= 0.3 is 0 Å². The van der Waals surface area contributed by atoms with Gasteiger partial charge in [-0.3, -0.25) is 4.79 Å². The van der Waals surface area contributed by atoms with Gasteiger partial charge in [0.1, 0.15) is 0 Å². The molecule has 1 amide bonds. The largest absolute Gasteiger partial charge is 0.348 e. The van der Waals surface area contributed by atoms with Crippen molar-refractivity contribution in [1.82, 2.24) is 25.1 Å². The van der Waals surface area contributed by atoms with E-state index in [1.807, 2.05) is 12.1 Å². The molecule has 7 nitrogen and oxygen atoms in total. The number of likely N-dealkylation sites (N-methyl/N-ethyl adjacent to an activating group) is 1. The molecule has 1 atom stereocenters. The second-order valence-corrected chi connectivity index (χ2v) is 9.26. The van der Waals surface area contributed by atoms with E-state index in [0.29, 0.717) is 6.04 Å². The van der Waals surface area contributed by atoms with Gasteiger partial charge in [0, 0.05) is 44.0 Å². The lowest BCUT2D eigenvalue weighted by Crippen LogP contribution is -2.47. The number of amides is 1. The lowest BCUT2D eigenvalue weighted by atomic mass is 9.95. The van der Waals surface area contributed by atoms with E-state index in [0.717, 1.165) is 51.5 Å². The topological polar surface area (TPSA) is 64.6 Å². The molecule has 1 aromatic carbocycles. The van der Waals surface area contributed by atoms with Crippen molar-refractivity contribution in [2.45, 2.75) is 37.8 Å². The number of likely N-dealkylation sites (tertiary alicyclic amines) is 1. The number of hydrogen-bond donors (Lipinski definition) is 1. The molecule has 2 saturated heterocycles. The van der Waals surface area contributed by atoms with E-state index in [1.165, 1.54) is 18.4 Å². The van der Waals surface area contributed by atoms with E-state index in [1.54, 1.807) is 12.4 Å². The quantitative estimate of drug-likeness (QED) is 0.720. The average Bonchev–Trinajstić information content (AvgIpc) is 2.85. The first-order valence-corrected chi connectivity index (χ1v) is 11.9. The highest BCUT2D eigenvalue weighted by Gasteiger charge is 2.29. The Balaban J connectivity index is 1.36. The van der Waals surface area contributed by atoms with Crippen molar-refractivity contribution < 1.29 is 4.79 Å². The number of carbonyl (C=O) groups excluding carboxylic acids is 1. The van der Waals surface area contributed by atoms with E-state index >= 15 is 0 Å². The standard InChI is InChI=1S/C25H36N6O/c1-29-15-11-22(12-16-29)30(2)19-23(20-7-4-3-5-8-20)28-24(32)21-9-17-31(18-10-21)25-26-13-6-14-27-25/h3-8,13-14,21-23H,9-12,15-19H2,1-2H3,(H,28,32)/t23-/m1/s1. The number of benzene rings is 1. The summed E-state index contributed by atoms with van der Waals surface area (Å²) in [6, 6.07) is 12.8. The monoisotopic (exact) mass is 436 g/mol. The van der Waals surface area contributed by atoms with Gasteiger partial charge in [-0.15, -0.1) is 0 Å². The fourth-order valence-corrected chi connectivity index (χ4v) is 4.88. The van der Waals surface area contributed by atoms with Gasteiger partial charge in [-0.25, -0.2) is 9.97 Å². The summed E-state index contributed by atoms with van der Waals surface area (Å²) < 4.78 is 0. The van der Waals surface area contributed by atoms with Crippen molar-refractivity contribution in [2.75, 3.05) is 51.7 Å². The maximum absolute atomic E-state index is 13.2. The van der Waals surface area contributed by atoms with Crippen molar-refractivity contribution in [3.8, 4) is 0 Å². The second-order valence-electron chi connectivity index (χ2n) is 9.26. The molecule has 2 aliphatic heterocycles. The predicted octanol–water partition coefficient (Wildman–Crippen LogP) is 2.58. The number of hydrogen-bond acceptors (Lipinski definition) is 6. The summed E-state index contributed by atoms with van der Waals surface area (Å²) in [5.74, 6) is 0.965. The van der Waals surface area contributed by atoms with Gasteiger partial charge in [0.15, 0.2) is 0 Å². The number of piperidine rings is 2. The van der Waals surface area contributed by atoms with Gasteiger partial charge in [-0.05, 0) is 64.5 Å². The molecule has 0 unspecified atom stereocenters. The summed E-state index contributed by atoms with van der Waals surface area (Å²) in [5, 5.41) is 3.40. The Hall–Kier alpha value is -2.51. The van der Waals surface area contributed by atoms with Gasteiger partial charge in [0.05, 0.1) is 6.04 Å². The third-order valence-corrected chi connectivity index (χ3v) is 7.00. The Morgan fingerprint density at radius 3 is 2.34 bits per heavy atom. The molecular formula is C25H36N6O. The first-order valence-electron chi connectivity index (χ1n) is 11.9. The summed E-state index contributed by atoms with van der Waals surface area (Å²) in [5.41, 5.74) is 1.18. The van der Waals surface area contributed by atoms with Gasteiger partial charge in [0.2, 0.25) is 11.9 Å². The molecule has 0 spiro atoms. The summed E-state index contributed by atoms with van der Waals surface area (Å²) in [6.45, 7) is 4.74. The Kier molecular flexibility index (Phi) is 7.71. The minimum absolute atomic E-state index is 0.00356. The lowest BCUT2D eigenvalue weighted by Gasteiger charge is -2.37. The Bertz CT molecular complexity index is 832. The Labute approximate surface area is 191 Å². The number of carbonyl (C=O) groups is 1. The normalized spacial score (nSPS) is 19.8. The van der Waals surface area contributed by atoms with Gasteiger partial charge in [0.25, 0.3) is 0 Å². The molecule has 0 aliphatic carbocycles. The first-order chi connectivity index (χ1) is 15.6. The van der Waals surface area contributed by atoms with Crippen LogP contribution in [0.2, 0.25) is 0 Å². The van der Waals surface area contributed by atoms with E-state index in [4.69, 9.17) is 0 Å². The maximum Gasteiger partial charge on any atom is 0.225 e. The highest BCUT2D eigenvalue weighted by Crippen LogP contribution is 2.23. The average molecular weight is 437 g/mol. The van der Waals surface area contributed by atoms with Crippen LogP contribution in [0.3, 0.4) is 0 Å². The molecule has 172 valence electrons. The molecule has 1 aromatic heterocycles.